The maximum absolute atomic E-state index is 12.4. The number of aliphatic hydroxyl groups excluding tert-OH is 1. The summed E-state index contributed by atoms with van der Waals surface area (Å²) >= 11 is 0. The molecule has 0 heterocycles. The molecule has 4 N–H and O–H groups in total. The van der Waals surface area contributed by atoms with E-state index in [0.717, 1.165) is 6.42 Å². The van der Waals surface area contributed by atoms with E-state index in [1.165, 1.54) is 5.56 Å². The van der Waals surface area contributed by atoms with Crippen LogP contribution in [-0.4, -0.2) is 35.2 Å². The third kappa shape index (κ3) is 8.47. The number of amides is 1. The number of carbonyl (C=O) groups excluding carboxylic acids is 1. The van der Waals surface area contributed by atoms with Crippen LogP contribution in [0.2, 0.25) is 0 Å². The molecule has 0 aliphatic rings. The second-order valence-corrected chi connectivity index (χ2v) is 8.45. The van der Waals surface area contributed by atoms with Gasteiger partial charge in [-0.25, -0.2) is 0 Å². The van der Waals surface area contributed by atoms with Crippen molar-refractivity contribution in [2.45, 2.75) is 72.1 Å². The Kier molecular flexibility index (Phi) is 8.06. The van der Waals surface area contributed by atoms with Crippen LogP contribution in [0.1, 0.15) is 53.5 Å². The molecule has 0 fully saturated rings. The first-order valence-corrected chi connectivity index (χ1v) is 9.04. The molecule has 2 atom stereocenters. The Bertz CT molecular complexity index is 521. The molecule has 1 amide bonds. The zero-order valence-corrected chi connectivity index (χ0v) is 16.5. The number of rotatable bonds is 9. The summed E-state index contributed by atoms with van der Waals surface area (Å²) in [7, 11) is 0. The molecule has 0 aliphatic carbocycles. The van der Waals surface area contributed by atoms with Crippen LogP contribution in [0.5, 0.6) is 0 Å². The summed E-state index contributed by atoms with van der Waals surface area (Å²) in [6.45, 7) is 12.3. The van der Waals surface area contributed by atoms with E-state index in [2.05, 4.69) is 28.3 Å². The number of aliphatic hydroxyl groups is 1. The van der Waals surface area contributed by atoms with Gasteiger partial charge in [-0.15, -0.1) is 0 Å². The number of hydrogen-bond donors (Lipinski definition) is 4. The van der Waals surface area contributed by atoms with E-state index in [-0.39, 0.29) is 17.5 Å². The summed E-state index contributed by atoms with van der Waals surface area (Å²) in [5, 5.41) is 13.0. The molecular formula is C20H35N3O2. The third-order valence-corrected chi connectivity index (χ3v) is 4.15. The molecule has 1 aromatic rings. The lowest BCUT2D eigenvalue weighted by Crippen LogP contribution is -2.50. The number of benzene rings is 1. The average molecular weight is 350 g/mol. The lowest BCUT2D eigenvalue weighted by molar-refractivity contribution is -0.131. The molecule has 0 unspecified atom stereocenters. The highest BCUT2D eigenvalue weighted by atomic mass is 16.3. The van der Waals surface area contributed by atoms with Crippen molar-refractivity contribution < 1.29 is 9.90 Å². The van der Waals surface area contributed by atoms with Crippen LogP contribution in [0.15, 0.2) is 30.3 Å². The summed E-state index contributed by atoms with van der Waals surface area (Å²) in [6.07, 6.45) is 0.948. The van der Waals surface area contributed by atoms with Gasteiger partial charge in [-0.2, -0.15) is 0 Å². The first-order chi connectivity index (χ1) is 11.5. The van der Waals surface area contributed by atoms with Crippen molar-refractivity contribution in [1.82, 2.24) is 16.2 Å². The van der Waals surface area contributed by atoms with Crippen molar-refractivity contribution in [2.75, 3.05) is 6.54 Å². The topological polar surface area (TPSA) is 73.4 Å². The van der Waals surface area contributed by atoms with Crippen LogP contribution in [0.4, 0.5) is 0 Å². The van der Waals surface area contributed by atoms with E-state index >= 15 is 0 Å². The van der Waals surface area contributed by atoms with E-state index < -0.39 is 11.5 Å². The summed E-state index contributed by atoms with van der Waals surface area (Å²) in [5.74, 6) is 0.0539. The first kappa shape index (κ1) is 21.6. The standard InChI is InChI=1S/C20H35N3O2/c1-15(24)17(14-16-10-8-7-9-11-16)23-21-13-12-20(5,6)18(25)22-19(2,3)4/h7-11,15,17,21,23-24H,12-14H2,1-6H3,(H,22,25)/t15-,17+/m1/s1. The Morgan fingerprint density at radius 3 is 2.24 bits per heavy atom. The highest BCUT2D eigenvalue weighted by molar-refractivity contribution is 5.82. The summed E-state index contributed by atoms with van der Waals surface area (Å²) in [5.41, 5.74) is 6.85. The van der Waals surface area contributed by atoms with E-state index in [9.17, 15) is 9.90 Å². The summed E-state index contributed by atoms with van der Waals surface area (Å²) in [4.78, 5) is 12.4. The molecular weight excluding hydrogens is 314 g/mol. The van der Waals surface area contributed by atoms with Gasteiger partial charge < -0.3 is 10.4 Å². The van der Waals surface area contributed by atoms with Gasteiger partial charge in [0.1, 0.15) is 0 Å². The van der Waals surface area contributed by atoms with Crippen molar-refractivity contribution in [3.05, 3.63) is 35.9 Å². The lowest BCUT2D eigenvalue weighted by Gasteiger charge is -2.30. The molecule has 1 aromatic carbocycles. The molecule has 1 rings (SSSR count). The smallest absolute Gasteiger partial charge is 0.226 e. The Hall–Kier alpha value is -1.43. The van der Waals surface area contributed by atoms with Gasteiger partial charge in [0.25, 0.3) is 0 Å². The van der Waals surface area contributed by atoms with Crippen molar-refractivity contribution in [3.63, 3.8) is 0 Å². The van der Waals surface area contributed by atoms with Crippen molar-refractivity contribution in [3.8, 4) is 0 Å². The highest BCUT2D eigenvalue weighted by Crippen LogP contribution is 2.21. The molecule has 142 valence electrons. The summed E-state index contributed by atoms with van der Waals surface area (Å²) in [6, 6.07) is 10.00. The van der Waals surface area contributed by atoms with Crippen LogP contribution in [0, 0.1) is 5.41 Å². The number of hydrogen-bond acceptors (Lipinski definition) is 4. The number of carbonyl (C=O) groups is 1. The molecule has 0 saturated carbocycles. The van der Waals surface area contributed by atoms with E-state index in [0.29, 0.717) is 13.0 Å². The quantitative estimate of drug-likeness (QED) is 0.408. The maximum atomic E-state index is 12.4. The highest BCUT2D eigenvalue weighted by Gasteiger charge is 2.29. The molecule has 0 aliphatic heterocycles. The molecule has 0 bridgehead atoms. The normalized spacial score (nSPS) is 14.8. The van der Waals surface area contributed by atoms with Crippen molar-refractivity contribution in [1.29, 1.82) is 0 Å². The summed E-state index contributed by atoms with van der Waals surface area (Å²) < 4.78 is 0. The fourth-order valence-corrected chi connectivity index (χ4v) is 2.41. The molecule has 25 heavy (non-hydrogen) atoms. The van der Waals surface area contributed by atoms with Crippen molar-refractivity contribution >= 4 is 5.91 Å². The second kappa shape index (κ2) is 9.32. The van der Waals surface area contributed by atoms with E-state index in [1.54, 1.807) is 6.92 Å². The lowest BCUT2D eigenvalue weighted by atomic mass is 9.87. The van der Waals surface area contributed by atoms with Gasteiger partial charge in [0, 0.05) is 17.5 Å². The van der Waals surface area contributed by atoms with E-state index in [4.69, 9.17) is 0 Å². The minimum absolute atomic E-state index is 0.0539. The van der Waals surface area contributed by atoms with Gasteiger partial charge in [-0.1, -0.05) is 44.2 Å². The molecule has 0 spiro atoms. The number of nitrogens with one attached hydrogen (secondary N) is 3. The van der Waals surface area contributed by atoms with Gasteiger partial charge in [0.15, 0.2) is 0 Å². The van der Waals surface area contributed by atoms with Crippen molar-refractivity contribution in [2.24, 2.45) is 5.41 Å². The fourth-order valence-electron chi connectivity index (χ4n) is 2.41. The Labute approximate surface area is 152 Å². The Morgan fingerprint density at radius 2 is 1.72 bits per heavy atom. The van der Waals surface area contributed by atoms with Gasteiger partial charge in [-0.05, 0) is 46.1 Å². The van der Waals surface area contributed by atoms with Crippen LogP contribution in [-0.2, 0) is 11.2 Å². The molecule has 0 radical (unpaired) electrons. The number of hydrazine groups is 1. The van der Waals surface area contributed by atoms with Crippen LogP contribution in [0.3, 0.4) is 0 Å². The monoisotopic (exact) mass is 349 g/mol. The zero-order chi connectivity index (χ0) is 19.1. The minimum atomic E-state index is -0.482. The predicted octanol–water partition coefficient (Wildman–Crippen LogP) is 2.40. The molecule has 5 heteroatoms. The molecule has 0 aromatic heterocycles. The Balaban J connectivity index is 2.44. The first-order valence-electron chi connectivity index (χ1n) is 9.04. The minimum Gasteiger partial charge on any atom is -0.392 e. The largest absolute Gasteiger partial charge is 0.392 e. The fraction of sp³-hybridized carbons (Fsp3) is 0.650. The molecule has 0 saturated heterocycles. The SMILES string of the molecule is C[C@@H](O)[C@H](Cc1ccccc1)NNCCC(C)(C)C(=O)NC(C)(C)C. The van der Waals surface area contributed by atoms with Crippen LogP contribution in [0.25, 0.3) is 0 Å². The van der Waals surface area contributed by atoms with Gasteiger partial charge in [0.2, 0.25) is 5.91 Å². The van der Waals surface area contributed by atoms with Gasteiger partial charge in [-0.3, -0.25) is 15.6 Å². The molecule has 5 nitrogen and oxygen atoms in total. The maximum Gasteiger partial charge on any atom is 0.226 e. The van der Waals surface area contributed by atoms with Crippen LogP contribution < -0.4 is 16.2 Å². The van der Waals surface area contributed by atoms with Gasteiger partial charge >= 0.3 is 0 Å². The zero-order valence-electron chi connectivity index (χ0n) is 16.5. The second-order valence-electron chi connectivity index (χ2n) is 8.45. The Morgan fingerprint density at radius 1 is 1.12 bits per heavy atom. The average Bonchev–Trinajstić information content (AvgIpc) is 2.49. The predicted molar refractivity (Wildman–Crippen MR) is 103 cm³/mol. The van der Waals surface area contributed by atoms with E-state index in [1.807, 2.05) is 52.8 Å². The third-order valence-electron chi connectivity index (χ3n) is 4.15. The van der Waals surface area contributed by atoms with Gasteiger partial charge in [0.05, 0.1) is 12.1 Å². The van der Waals surface area contributed by atoms with Crippen LogP contribution >= 0.6 is 0 Å².